The molecular formula is C12H25NO. The minimum absolute atomic E-state index is 0.263. The van der Waals surface area contributed by atoms with Crippen LogP contribution in [0.1, 0.15) is 52.9 Å². The van der Waals surface area contributed by atoms with Gasteiger partial charge in [0, 0.05) is 6.04 Å². The van der Waals surface area contributed by atoms with Gasteiger partial charge < -0.3 is 10.5 Å². The average molecular weight is 199 g/mol. The molecule has 0 spiro atoms. The van der Waals surface area contributed by atoms with E-state index < -0.39 is 0 Å². The first-order valence-electron chi connectivity index (χ1n) is 6.02. The van der Waals surface area contributed by atoms with Gasteiger partial charge in [-0.15, -0.1) is 0 Å². The van der Waals surface area contributed by atoms with Crippen LogP contribution in [-0.2, 0) is 4.74 Å². The lowest BCUT2D eigenvalue weighted by molar-refractivity contribution is -0.0396. The smallest absolute Gasteiger partial charge is 0.0729 e. The van der Waals surface area contributed by atoms with Crippen LogP contribution in [0.2, 0.25) is 0 Å². The Bertz CT molecular complexity index is 158. The van der Waals surface area contributed by atoms with E-state index in [9.17, 15) is 0 Å². The molecule has 0 amide bonds. The van der Waals surface area contributed by atoms with E-state index >= 15 is 0 Å². The minimum Gasteiger partial charge on any atom is -0.373 e. The highest BCUT2D eigenvalue weighted by Gasteiger charge is 2.23. The maximum absolute atomic E-state index is 6.10. The van der Waals surface area contributed by atoms with Gasteiger partial charge in [0.15, 0.2) is 0 Å². The third-order valence-electron chi connectivity index (χ3n) is 3.33. The zero-order valence-electron chi connectivity index (χ0n) is 9.83. The van der Waals surface area contributed by atoms with Gasteiger partial charge in [-0.05, 0) is 25.7 Å². The lowest BCUT2D eigenvalue weighted by atomic mass is 10.0. The van der Waals surface area contributed by atoms with Crippen LogP contribution in [0.3, 0.4) is 0 Å². The van der Waals surface area contributed by atoms with E-state index in [-0.39, 0.29) is 6.04 Å². The number of nitrogens with two attached hydrogens (primary N) is 1. The summed E-state index contributed by atoms with van der Waals surface area (Å²) in [6.45, 7) is 6.56. The van der Waals surface area contributed by atoms with Gasteiger partial charge in [-0.25, -0.2) is 0 Å². The molecule has 14 heavy (non-hydrogen) atoms. The van der Waals surface area contributed by atoms with Crippen molar-refractivity contribution >= 4 is 0 Å². The summed E-state index contributed by atoms with van der Waals surface area (Å²) in [5, 5.41) is 0. The van der Waals surface area contributed by atoms with Gasteiger partial charge in [0.05, 0.1) is 12.2 Å². The predicted octanol–water partition coefficient (Wildman–Crippen LogP) is 2.71. The average Bonchev–Trinajstić information content (AvgIpc) is 2.32. The Labute approximate surface area is 88.2 Å². The van der Waals surface area contributed by atoms with Crippen LogP contribution >= 0.6 is 0 Å². The summed E-state index contributed by atoms with van der Waals surface area (Å²) in [7, 11) is 0. The summed E-state index contributed by atoms with van der Waals surface area (Å²) in [5.41, 5.74) is 6.10. The van der Waals surface area contributed by atoms with Crippen LogP contribution in [0.5, 0.6) is 0 Å². The zero-order chi connectivity index (χ0) is 10.6. The molecule has 3 unspecified atom stereocenters. The van der Waals surface area contributed by atoms with Crippen LogP contribution in [0.25, 0.3) is 0 Å². The normalized spacial score (nSPS) is 31.5. The first-order chi connectivity index (χ1) is 6.61. The number of hydrogen-bond acceptors (Lipinski definition) is 2. The Kier molecular flexibility index (Phi) is 4.90. The molecule has 0 aromatic carbocycles. The van der Waals surface area contributed by atoms with Gasteiger partial charge in [0.1, 0.15) is 0 Å². The fourth-order valence-corrected chi connectivity index (χ4v) is 1.90. The molecule has 0 saturated heterocycles. The summed E-state index contributed by atoms with van der Waals surface area (Å²) >= 11 is 0. The Hall–Kier alpha value is -0.0800. The van der Waals surface area contributed by atoms with Crippen LogP contribution in [0.4, 0.5) is 0 Å². The molecule has 0 radical (unpaired) electrons. The van der Waals surface area contributed by atoms with Crippen molar-refractivity contribution in [2.24, 2.45) is 11.7 Å². The van der Waals surface area contributed by atoms with Gasteiger partial charge in [-0.2, -0.15) is 0 Å². The molecule has 1 saturated carbocycles. The van der Waals surface area contributed by atoms with Gasteiger partial charge in [0.25, 0.3) is 0 Å². The lowest BCUT2D eigenvalue weighted by Crippen LogP contribution is -2.38. The third-order valence-corrected chi connectivity index (χ3v) is 3.33. The fourth-order valence-electron chi connectivity index (χ4n) is 1.90. The van der Waals surface area contributed by atoms with E-state index in [1.165, 1.54) is 19.3 Å². The molecule has 0 bridgehead atoms. The van der Waals surface area contributed by atoms with E-state index in [0.29, 0.717) is 18.1 Å². The van der Waals surface area contributed by atoms with Crippen LogP contribution < -0.4 is 5.73 Å². The summed E-state index contributed by atoms with van der Waals surface area (Å²) in [5.74, 6) is 0.588. The standard InChI is InChI=1S/C12H25NO/c1-9(2)10(3)14-12-8-6-4-5-7-11(12)13/h9-12H,4-8,13H2,1-3H3. The molecule has 0 aromatic rings. The summed E-state index contributed by atoms with van der Waals surface area (Å²) < 4.78 is 6.02. The Balaban J connectivity index is 2.40. The van der Waals surface area contributed by atoms with Gasteiger partial charge >= 0.3 is 0 Å². The Morgan fingerprint density at radius 2 is 1.71 bits per heavy atom. The largest absolute Gasteiger partial charge is 0.373 e. The van der Waals surface area contributed by atoms with Crippen molar-refractivity contribution in [1.82, 2.24) is 0 Å². The molecule has 84 valence electrons. The maximum atomic E-state index is 6.10. The molecule has 0 aromatic heterocycles. The third kappa shape index (κ3) is 3.58. The van der Waals surface area contributed by atoms with Gasteiger partial charge in [-0.1, -0.05) is 33.1 Å². The molecule has 2 nitrogen and oxygen atoms in total. The molecule has 1 fully saturated rings. The van der Waals surface area contributed by atoms with E-state index in [2.05, 4.69) is 20.8 Å². The first-order valence-corrected chi connectivity index (χ1v) is 6.02. The van der Waals surface area contributed by atoms with Crippen molar-refractivity contribution in [2.75, 3.05) is 0 Å². The molecule has 1 aliphatic rings. The molecule has 1 aliphatic carbocycles. The van der Waals surface area contributed by atoms with Crippen LogP contribution in [0, 0.1) is 5.92 Å². The molecule has 1 rings (SSSR count). The topological polar surface area (TPSA) is 35.2 Å². The van der Waals surface area contributed by atoms with E-state index in [1.54, 1.807) is 0 Å². The van der Waals surface area contributed by atoms with Crippen molar-refractivity contribution in [1.29, 1.82) is 0 Å². The number of ether oxygens (including phenoxy) is 1. The Morgan fingerprint density at radius 3 is 2.36 bits per heavy atom. The highest BCUT2D eigenvalue weighted by atomic mass is 16.5. The predicted molar refractivity (Wildman–Crippen MR) is 60.2 cm³/mol. The molecule has 2 N–H and O–H groups in total. The monoisotopic (exact) mass is 199 g/mol. The van der Waals surface area contributed by atoms with Crippen LogP contribution in [-0.4, -0.2) is 18.2 Å². The summed E-state index contributed by atoms with van der Waals surface area (Å²) in [4.78, 5) is 0. The second kappa shape index (κ2) is 5.72. The molecule has 0 heterocycles. The van der Waals surface area contributed by atoms with Crippen molar-refractivity contribution in [3.63, 3.8) is 0 Å². The van der Waals surface area contributed by atoms with E-state index in [0.717, 1.165) is 12.8 Å². The molecule has 3 atom stereocenters. The maximum Gasteiger partial charge on any atom is 0.0729 e. The SMILES string of the molecule is CC(C)C(C)OC1CCCCCC1N. The van der Waals surface area contributed by atoms with E-state index in [1.807, 2.05) is 0 Å². The van der Waals surface area contributed by atoms with Crippen molar-refractivity contribution in [3.8, 4) is 0 Å². The first kappa shape index (κ1) is 12.0. The van der Waals surface area contributed by atoms with Gasteiger partial charge in [-0.3, -0.25) is 0 Å². The second-order valence-corrected chi connectivity index (χ2v) is 4.93. The van der Waals surface area contributed by atoms with Crippen molar-refractivity contribution < 1.29 is 4.74 Å². The number of rotatable bonds is 3. The minimum atomic E-state index is 0.263. The second-order valence-electron chi connectivity index (χ2n) is 4.93. The molecular weight excluding hydrogens is 174 g/mol. The quantitative estimate of drug-likeness (QED) is 0.709. The number of hydrogen-bond donors (Lipinski definition) is 1. The van der Waals surface area contributed by atoms with Crippen molar-refractivity contribution in [2.45, 2.75) is 71.1 Å². The van der Waals surface area contributed by atoms with Crippen molar-refractivity contribution in [3.05, 3.63) is 0 Å². The van der Waals surface area contributed by atoms with Gasteiger partial charge in [0.2, 0.25) is 0 Å². The van der Waals surface area contributed by atoms with Crippen LogP contribution in [0.15, 0.2) is 0 Å². The molecule has 0 aliphatic heterocycles. The summed E-state index contributed by atoms with van der Waals surface area (Å²) in [6.07, 6.45) is 6.80. The highest BCUT2D eigenvalue weighted by Crippen LogP contribution is 2.21. The zero-order valence-corrected chi connectivity index (χ0v) is 9.83. The van der Waals surface area contributed by atoms with E-state index in [4.69, 9.17) is 10.5 Å². The summed E-state index contributed by atoms with van der Waals surface area (Å²) in [6, 6.07) is 0.263. The lowest BCUT2D eigenvalue weighted by Gasteiger charge is -2.27. The highest BCUT2D eigenvalue weighted by molar-refractivity contribution is 4.78. The Morgan fingerprint density at radius 1 is 1.07 bits per heavy atom. The molecule has 2 heteroatoms. The fraction of sp³-hybridized carbons (Fsp3) is 1.00.